The Kier molecular flexibility index (Phi) is 5.07. The molecular weight excluding hydrogens is 198 g/mol. The number of carbonyl (C=O) groups is 1. The first-order valence-corrected chi connectivity index (χ1v) is 5.52. The van der Waals surface area contributed by atoms with E-state index in [-0.39, 0.29) is 5.97 Å². The van der Waals surface area contributed by atoms with Crippen molar-refractivity contribution < 1.29 is 9.53 Å². The fourth-order valence-electron chi connectivity index (χ4n) is 0.927. The summed E-state index contributed by atoms with van der Waals surface area (Å²) in [7, 11) is 1.41. The smallest absolute Gasteiger partial charge is 0.306 e. The molecule has 0 bridgehead atoms. The molecule has 0 aliphatic heterocycles. The fraction of sp³-hybridized carbons (Fsp3) is 0.400. The summed E-state index contributed by atoms with van der Waals surface area (Å²) in [4.78, 5) is 14.7. The summed E-state index contributed by atoms with van der Waals surface area (Å²) >= 11 is 1.72. The van der Waals surface area contributed by atoms with E-state index < -0.39 is 0 Å². The molecule has 0 atom stereocenters. The third-order valence-electron chi connectivity index (χ3n) is 1.70. The summed E-state index contributed by atoms with van der Waals surface area (Å²) in [5.74, 6) is 1.57. The molecule has 0 spiro atoms. The molecule has 14 heavy (non-hydrogen) atoms. The molecular formula is C10H13NO2S. The van der Waals surface area contributed by atoms with Crippen LogP contribution < -0.4 is 0 Å². The lowest BCUT2D eigenvalue weighted by molar-refractivity contribution is -0.140. The third-order valence-corrected chi connectivity index (χ3v) is 2.73. The van der Waals surface area contributed by atoms with E-state index >= 15 is 0 Å². The largest absolute Gasteiger partial charge is 0.469 e. The topological polar surface area (TPSA) is 39.2 Å². The number of thioether (sulfide) groups is 1. The minimum atomic E-state index is -0.146. The van der Waals surface area contributed by atoms with E-state index in [0.29, 0.717) is 6.42 Å². The van der Waals surface area contributed by atoms with Gasteiger partial charge in [-0.25, -0.2) is 0 Å². The third kappa shape index (κ3) is 4.28. The zero-order valence-electron chi connectivity index (χ0n) is 8.10. The Bertz CT molecular complexity index is 277. The molecule has 1 aromatic rings. The number of aromatic nitrogens is 1. The minimum absolute atomic E-state index is 0.146. The number of hydrogen-bond acceptors (Lipinski definition) is 4. The number of nitrogens with zero attached hydrogens (tertiary/aromatic N) is 1. The molecule has 76 valence electrons. The van der Waals surface area contributed by atoms with E-state index in [4.69, 9.17) is 0 Å². The molecule has 0 saturated carbocycles. The Morgan fingerprint density at radius 2 is 2.21 bits per heavy atom. The number of rotatable bonds is 5. The molecule has 0 saturated heterocycles. The van der Waals surface area contributed by atoms with E-state index in [1.807, 2.05) is 12.1 Å². The van der Waals surface area contributed by atoms with Gasteiger partial charge in [0.1, 0.15) is 0 Å². The summed E-state index contributed by atoms with van der Waals surface area (Å²) in [5.41, 5.74) is 1.23. The summed E-state index contributed by atoms with van der Waals surface area (Å²) in [6, 6.07) is 3.95. The van der Waals surface area contributed by atoms with Crippen LogP contribution in [0.3, 0.4) is 0 Å². The maximum Gasteiger partial charge on any atom is 0.306 e. The first kappa shape index (κ1) is 11.0. The van der Waals surface area contributed by atoms with Crippen molar-refractivity contribution >= 4 is 17.7 Å². The number of methoxy groups -OCH3 is 1. The number of hydrogen-bond donors (Lipinski definition) is 0. The van der Waals surface area contributed by atoms with Gasteiger partial charge in [0.2, 0.25) is 0 Å². The van der Waals surface area contributed by atoms with Gasteiger partial charge in [0.25, 0.3) is 0 Å². The first-order valence-electron chi connectivity index (χ1n) is 4.36. The van der Waals surface area contributed by atoms with E-state index in [1.165, 1.54) is 12.7 Å². The Balaban J connectivity index is 2.13. The van der Waals surface area contributed by atoms with Gasteiger partial charge < -0.3 is 4.74 Å². The van der Waals surface area contributed by atoms with Crippen LogP contribution in [0, 0.1) is 0 Å². The normalized spacial score (nSPS) is 9.79. The lowest BCUT2D eigenvalue weighted by Crippen LogP contribution is -2.01. The molecule has 1 heterocycles. The van der Waals surface area contributed by atoms with Gasteiger partial charge in [0.05, 0.1) is 13.5 Å². The number of ether oxygens (including phenoxy) is 1. The highest BCUT2D eigenvalue weighted by Gasteiger charge is 1.99. The molecule has 0 aromatic carbocycles. The van der Waals surface area contributed by atoms with Gasteiger partial charge in [-0.15, -0.1) is 0 Å². The number of esters is 1. The van der Waals surface area contributed by atoms with Crippen molar-refractivity contribution in [3.8, 4) is 0 Å². The van der Waals surface area contributed by atoms with Crippen LogP contribution >= 0.6 is 11.8 Å². The first-order chi connectivity index (χ1) is 6.83. The molecule has 4 heteroatoms. The molecule has 0 aliphatic carbocycles. The van der Waals surface area contributed by atoms with Crippen LogP contribution in [0.1, 0.15) is 12.0 Å². The van der Waals surface area contributed by atoms with Gasteiger partial charge in [-0.2, -0.15) is 11.8 Å². The number of carbonyl (C=O) groups excluding carboxylic acids is 1. The molecule has 0 radical (unpaired) electrons. The lowest BCUT2D eigenvalue weighted by atomic mass is 10.3. The highest BCUT2D eigenvalue weighted by Crippen LogP contribution is 2.11. The van der Waals surface area contributed by atoms with Crippen molar-refractivity contribution in [2.24, 2.45) is 0 Å². The van der Waals surface area contributed by atoms with E-state index in [9.17, 15) is 4.79 Å². The van der Waals surface area contributed by atoms with Crippen molar-refractivity contribution in [3.05, 3.63) is 30.1 Å². The molecule has 1 rings (SSSR count). The van der Waals surface area contributed by atoms with Gasteiger partial charge in [-0.3, -0.25) is 9.78 Å². The van der Waals surface area contributed by atoms with Crippen LogP contribution in [-0.2, 0) is 15.3 Å². The lowest BCUT2D eigenvalue weighted by Gasteiger charge is -2.00. The molecule has 1 aromatic heterocycles. The average molecular weight is 211 g/mol. The second-order valence-corrected chi connectivity index (χ2v) is 3.84. The minimum Gasteiger partial charge on any atom is -0.469 e. The van der Waals surface area contributed by atoms with Crippen molar-refractivity contribution in [2.75, 3.05) is 12.9 Å². The van der Waals surface area contributed by atoms with Crippen LogP contribution in [0.15, 0.2) is 24.5 Å². The van der Waals surface area contributed by atoms with E-state index in [1.54, 1.807) is 24.2 Å². The summed E-state index contributed by atoms with van der Waals surface area (Å²) in [6.45, 7) is 0. The van der Waals surface area contributed by atoms with Crippen molar-refractivity contribution in [3.63, 3.8) is 0 Å². The fourth-order valence-corrected chi connectivity index (χ4v) is 1.81. The van der Waals surface area contributed by atoms with Gasteiger partial charge in [0, 0.05) is 23.9 Å². The maximum absolute atomic E-state index is 10.8. The molecule has 3 nitrogen and oxygen atoms in total. The Morgan fingerprint density at radius 3 is 2.86 bits per heavy atom. The average Bonchev–Trinajstić information content (AvgIpc) is 2.25. The monoisotopic (exact) mass is 211 g/mol. The standard InChI is InChI=1S/C10H13NO2S/c1-13-10(12)4-7-14-8-9-2-5-11-6-3-9/h2-3,5-6H,4,7-8H2,1H3. The zero-order valence-corrected chi connectivity index (χ0v) is 8.92. The molecule has 0 fully saturated rings. The molecule has 0 unspecified atom stereocenters. The molecule has 0 aliphatic rings. The Morgan fingerprint density at radius 1 is 1.50 bits per heavy atom. The summed E-state index contributed by atoms with van der Waals surface area (Å²) in [5, 5.41) is 0. The van der Waals surface area contributed by atoms with E-state index in [2.05, 4.69) is 9.72 Å². The predicted octanol–water partition coefficient (Wildman–Crippen LogP) is 1.88. The summed E-state index contributed by atoms with van der Waals surface area (Å²) < 4.78 is 4.54. The SMILES string of the molecule is COC(=O)CCSCc1ccncc1. The van der Waals surface area contributed by atoms with E-state index in [0.717, 1.165) is 11.5 Å². The van der Waals surface area contributed by atoms with Crippen molar-refractivity contribution in [1.29, 1.82) is 0 Å². The van der Waals surface area contributed by atoms with Gasteiger partial charge >= 0.3 is 5.97 Å². The van der Waals surface area contributed by atoms with Crippen LogP contribution in [0.5, 0.6) is 0 Å². The number of pyridine rings is 1. The second-order valence-electron chi connectivity index (χ2n) is 2.73. The van der Waals surface area contributed by atoms with Crippen LogP contribution in [0.2, 0.25) is 0 Å². The van der Waals surface area contributed by atoms with Gasteiger partial charge in [-0.05, 0) is 17.7 Å². The predicted molar refractivity (Wildman–Crippen MR) is 57.0 cm³/mol. The van der Waals surface area contributed by atoms with Crippen LogP contribution in [0.4, 0.5) is 0 Å². The maximum atomic E-state index is 10.8. The van der Waals surface area contributed by atoms with Crippen LogP contribution in [-0.4, -0.2) is 23.8 Å². The Hall–Kier alpha value is -1.03. The highest BCUT2D eigenvalue weighted by molar-refractivity contribution is 7.98. The van der Waals surface area contributed by atoms with Gasteiger partial charge in [0.15, 0.2) is 0 Å². The zero-order chi connectivity index (χ0) is 10.2. The summed E-state index contributed by atoms with van der Waals surface area (Å²) in [6.07, 6.45) is 4.03. The van der Waals surface area contributed by atoms with Crippen LogP contribution in [0.25, 0.3) is 0 Å². The second kappa shape index (κ2) is 6.43. The van der Waals surface area contributed by atoms with Crippen molar-refractivity contribution in [2.45, 2.75) is 12.2 Å². The quantitative estimate of drug-likeness (QED) is 0.550. The van der Waals surface area contributed by atoms with Gasteiger partial charge in [-0.1, -0.05) is 0 Å². The highest BCUT2D eigenvalue weighted by atomic mass is 32.2. The Labute approximate surface area is 87.9 Å². The molecule has 0 amide bonds. The molecule has 0 N–H and O–H groups in total. The van der Waals surface area contributed by atoms with Crippen molar-refractivity contribution in [1.82, 2.24) is 4.98 Å².